The third-order valence-electron chi connectivity index (χ3n) is 6.56. The maximum atomic E-state index is 15.4. The summed E-state index contributed by atoms with van der Waals surface area (Å²) in [6.45, 7) is 0. The lowest BCUT2D eigenvalue weighted by Crippen LogP contribution is -2.01. The second-order valence-electron chi connectivity index (χ2n) is 8.55. The van der Waals surface area contributed by atoms with Crippen molar-refractivity contribution >= 4 is 33.2 Å². The van der Waals surface area contributed by atoms with E-state index in [2.05, 4.69) is 16.7 Å². The fourth-order valence-electron chi connectivity index (χ4n) is 4.99. The molecule has 0 saturated heterocycles. The zero-order valence-electron chi connectivity index (χ0n) is 19.1. The van der Waals surface area contributed by atoms with Gasteiger partial charge in [-0.25, -0.2) is 0 Å². The molecule has 0 radical (unpaired) electrons. The van der Waals surface area contributed by atoms with Crippen molar-refractivity contribution in [2.45, 2.75) is 0 Å². The molecule has 5 nitrogen and oxygen atoms in total. The molecule has 6 rings (SSSR count). The van der Waals surface area contributed by atoms with Crippen LogP contribution < -0.4 is 5.73 Å². The van der Waals surface area contributed by atoms with Crippen LogP contribution in [0.25, 0.3) is 49.7 Å². The van der Waals surface area contributed by atoms with Crippen LogP contribution in [0.2, 0.25) is 0 Å². The highest BCUT2D eigenvalue weighted by Gasteiger charge is 2.23. The van der Waals surface area contributed by atoms with E-state index in [0.29, 0.717) is 16.9 Å². The van der Waals surface area contributed by atoms with Crippen LogP contribution in [-0.2, 0) is 0 Å². The minimum atomic E-state index is -0.858. The molecule has 0 aliphatic carbocycles. The second-order valence-corrected chi connectivity index (χ2v) is 8.55. The smallest absolute Gasteiger partial charge is 0.305 e. The molecule has 0 atom stereocenters. The molecule has 0 aliphatic heterocycles. The summed E-state index contributed by atoms with van der Waals surface area (Å²) in [5, 5.41) is 13.5. The number of nitrogens with two attached hydrogens (primary N) is 1. The number of aromatic nitrogens is 1. The van der Waals surface area contributed by atoms with Crippen LogP contribution >= 0.6 is 0 Å². The van der Waals surface area contributed by atoms with E-state index in [-0.39, 0.29) is 5.56 Å². The van der Waals surface area contributed by atoms with Crippen LogP contribution in [0.1, 0.15) is 0 Å². The van der Waals surface area contributed by atoms with E-state index >= 15 is 4.39 Å². The molecule has 0 unspecified atom stereocenters. The quantitative estimate of drug-likeness (QED) is 0.162. The van der Waals surface area contributed by atoms with E-state index in [1.165, 1.54) is 12.1 Å². The molecule has 174 valence electrons. The van der Waals surface area contributed by atoms with E-state index in [4.69, 9.17) is 5.73 Å². The summed E-state index contributed by atoms with van der Waals surface area (Å²) in [6.07, 6.45) is 0. The van der Waals surface area contributed by atoms with Crippen molar-refractivity contribution in [1.29, 1.82) is 0 Å². The lowest BCUT2D eigenvalue weighted by Gasteiger charge is -2.16. The first-order valence-electron chi connectivity index (χ1n) is 11.5. The number of halogens is 1. The number of para-hydroxylation sites is 4. The number of fused-ring (bicyclic) bond motifs is 3. The van der Waals surface area contributed by atoms with Gasteiger partial charge in [0.25, 0.3) is 0 Å². The molecular weight excluding hydrogens is 453 g/mol. The molecule has 36 heavy (non-hydrogen) atoms. The van der Waals surface area contributed by atoms with Crippen LogP contribution in [0.15, 0.2) is 109 Å². The molecule has 0 aliphatic rings. The van der Waals surface area contributed by atoms with E-state index in [1.54, 1.807) is 18.2 Å². The summed E-state index contributed by atoms with van der Waals surface area (Å²) in [7, 11) is 0. The van der Waals surface area contributed by atoms with Gasteiger partial charge in [-0.2, -0.15) is 4.39 Å². The van der Waals surface area contributed by atoms with E-state index < -0.39 is 16.4 Å². The Balaban J connectivity index is 1.76. The SMILES string of the molecule is Nc1ccccc1-c1cccc2c3ccccc3n(-c3ccccc3-c3cccc([N+](=O)[O-])c3F)c12. The standard InChI is InChI=1S/C30H20FN3O2/c31-29-22(12-8-18-28(29)34(35)36)20-10-2-5-16-26(20)33-27-17-6-3-11-21(27)24-14-7-13-23(30(24)33)19-9-1-4-15-25(19)32/h1-18H,32H2. The van der Waals surface area contributed by atoms with Gasteiger partial charge in [0, 0.05) is 44.8 Å². The number of benzene rings is 5. The Labute approximate surface area is 206 Å². The molecule has 6 heteroatoms. The molecule has 1 heterocycles. The van der Waals surface area contributed by atoms with Gasteiger partial charge in [-0.3, -0.25) is 10.1 Å². The molecule has 0 spiro atoms. The lowest BCUT2D eigenvalue weighted by atomic mass is 9.99. The predicted octanol–water partition coefficient (Wildman–Crippen LogP) is 7.75. The first-order chi connectivity index (χ1) is 17.6. The van der Waals surface area contributed by atoms with Gasteiger partial charge in [0.1, 0.15) is 0 Å². The van der Waals surface area contributed by atoms with Crippen molar-refractivity contribution in [1.82, 2.24) is 4.57 Å². The number of hydrogen-bond donors (Lipinski definition) is 1. The van der Waals surface area contributed by atoms with E-state index in [0.717, 1.165) is 32.9 Å². The van der Waals surface area contributed by atoms with Gasteiger partial charge in [0.15, 0.2) is 0 Å². The summed E-state index contributed by atoms with van der Waals surface area (Å²) >= 11 is 0. The highest BCUT2D eigenvalue weighted by molar-refractivity contribution is 6.14. The molecule has 0 amide bonds. The fourth-order valence-corrected chi connectivity index (χ4v) is 4.99. The van der Waals surface area contributed by atoms with Crippen molar-refractivity contribution in [2.75, 3.05) is 5.73 Å². The molecule has 0 saturated carbocycles. The summed E-state index contributed by atoms with van der Waals surface area (Å²) in [6, 6.07) is 33.5. The summed E-state index contributed by atoms with van der Waals surface area (Å²) in [5.41, 5.74) is 11.6. The number of anilines is 1. The largest absolute Gasteiger partial charge is 0.398 e. The lowest BCUT2D eigenvalue weighted by molar-refractivity contribution is -0.387. The second kappa shape index (κ2) is 8.36. The highest BCUT2D eigenvalue weighted by Crippen LogP contribution is 2.42. The molecule has 6 aromatic rings. The topological polar surface area (TPSA) is 74.1 Å². The molecule has 2 N–H and O–H groups in total. The first-order valence-corrected chi connectivity index (χ1v) is 11.5. The van der Waals surface area contributed by atoms with Crippen LogP contribution in [-0.4, -0.2) is 9.49 Å². The van der Waals surface area contributed by atoms with Crippen molar-refractivity contribution in [2.24, 2.45) is 0 Å². The number of nitro benzene ring substituents is 1. The third-order valence-corrected chi connectivity index (χ3v) is 6.56. The minimum absolute atomic E-state index is 0.169. The van der Waals surface area contributed by atoms with Crippen molar-refractivity contribution in [3.05, 3.63) is 125 Å². The monoisotopic (exact) mass is 473 g/mol. The van der Waals surface area contributed by atoms with Gasteiger partial charge in [-0.05, 0) is 18.2 Å². The van der Waals surface area contributed by atoms with Crippen LogP contribution in [0.5, 0.6) is 0 Å². The number of nitro groups is 1. The van der Waals surface area contributed by atoms with Gasteiger partial charge < -0.3 is 10.3 Å². The fraction of sp³-hybridized carbons (Fsp3) is 0. The van der Waals surface area contributed by atoms with Gasteiger partial charge in [0.05, 0.1) is 21.6 Å². The molecule has 0 bridgehead atoms. The number of hydrogen-bond acceptors (Lipinski definition) is 3. The predicted molar refractivity (Wildman–Crippen MR) is 143 cm³/mol. The molecule has 0 fully saturated rings. The van der Waals surface area contributed by atoms with Crippen LogP contribution in [0.4, 0.5) is 15.8 Å². The van der Waals surface area contributed by atoms with Gasteiger partial charge in [-0.1, -0.05) is 84.9 Å². The Hall–Kier alpha value is -4.97. The van der Waals surface area contributed by atoms with Gasteiger partial charge >= 0.3 is 5.69 Å². The third kappa shape index (κ3) is 3.23. The Morgan fingerprint density at radius 1 is 0.667 bits per heavy atom. The molecule has 5 aromatic carbocycles. The average Bonchev–Trinajstić information content (AvgIpc) is 3.24. The van der Waals surface area contributed by atoms with Gasteiger partial charge in [0.2, 0.25) is 5.82 Å². The minimum Gasteiger partial charge on any atom is -0.398 e. The Kier molecular flexibility index (Phi) is 5.00. The zero-order valence-corrected chi connectivity index (χ0v) is 19.1. The first kappa shape index (κ1) is 21.6. The van der Waals surface area contributed by atoms with Crippen molar-refractivity contribution in [3.8, 4) is 27.9 Å². The number of rotatable bonds is 4. The zero-order chi connectivity index (χ0) is 24.8. The normalized spacial score (nSPS) is 11.2. The van der Waals surface area contributed by atoms with E-state index in [1.807, 2.05) is 66.7 Å². The van der Waals surface area contributed by atoms with Crippen LogP contribution in [0, 0.1) is 15.9 Å². The molecular formula is C30H20FN3O2. The summed E-state index contributed by atoms with van der Waals surface area (Å²) in [4.78, 5) is 10.8. The van der Waals surface area contributed by atoms with Crippen LogP contribution in [0.3, 0.4) is 0 Å². The maximum absolute atomic E-state index is 15.4. The van der Waals surface area contributed by atoms with E-state index in [9.17, 15) is 10.1 Å². The Bertz CT molecular complexity index is 1810. The summed E-state index contributed by atoms with van der Waals surface area (Å²) in [5.74, 6) is -0.858. The number of nitrogens with zero attached hydrogens (tertiary/aromatic N) is 2. The average molecular weight is 474 g/mol. The van der Waals surface area contributed by atoms with Gasteiger partial charge in [-0.15, -0.1) is 0 Å². The highest BCUT2D eigenvalue weighted by atomic mass is 19.1. The van der Waals surface area contributed by atoms with Crippen molar-refractivity contribution in [3.63, 3.8) is 0 Å². The number of nitrogen functional groups attached to an aromatic ring is 1. The maximum Gasteiger partial charge on any atom is 0.305 e. The summed E-state index contributed by atoms with van der Waals surface area (Å²) < 4.78 is 17.5. The Morgan fingerprint density at radius 3 is 2.08 bits per heavy atom. The molecule has 1 aromatic heterocycles. The van der Waals surface area contributed by atoms with Crippen molar-refractivity contribution < 1.29 is 9.31 Å². The Morgan fingerprint density at radius 2 is 1.28 bits per heavy atom.